The number of rotatable bonds is 1. The van der Waals surface area contributed by atoms with Crippen molar-refractivity contribution in [2.24, 2.45) is 16.3 Å². The van der Waals surface area contributed by atoms with Crippen molar-refractivity contribution in [1.82, 2.24) is 0 Å². The van der Waals surface area contributed by atoms with Crippen LogP contribution in [-0.2, 0) is 0 Å². The molecule has 0 radical (unpaired) electrons. The van der Waals surface area contributed by atoms with Crippen molar-refractivity contribution in [3.05, 3.63) is 24.3 Å². The van der Waals surface area contributed by atoms with Gasteiger partial charge in [-0.05, 0) is 57.3 Å². The summed E-state index contributed by atoms with van der Waals surface area (Å²) in [5, 5.41) is 0. The zero-order chi connectivity index (χ0) is 15.8. The van der Waals surface area contributed by atoms with Crippen molar-refractivity contribution >= 4 is 6.21 Å². The molecule has 1 heterocycles. The molecule has 1 spiro atoms. The third-order valence-electron chi connectivity index (χ3n) is 6.32. The zero-order valence-corrected chi connectivity index (χ0v) is 14.9. The van der Waals surface area contributed by atoms with Gasteiger partial charge in [0, 0.05) is 11.6 Å². The van der Waals surface area contributed by atoms with E-state index in [4.69, 9.17) is 4.99 Å². The predicted molar refractivity (Wildman–Crippen MR) is 101 cm³/mol. The Labute approximate surface area is 143 Å². The normalized spacial score (nSPS) is 31.4. The molecule has 23 heavy (non-hydrogen) atoms. The van der Waals surface area contributed by atoms with Gasteiger partial charge in [0.15, 0.2) is 0 Å². The lowest BCUT2D eigenvalue weighted by Crippen LogP contribution is -2.28. The maximum atomic E-state index is 5.25. The molecule has 2 fully saturated rings. The zero-order valence-electron chi connectivity index (χ0n) is 14.9. The van der Waals surface area contributed by atoms with Crippen LogP contribution in [-0.4, -0.2) is 12.3 Å². The molecule has 3 rings (SSSR count). The first-order chi connectivity index (χ1) is 11.4. The number of allylic oxidation sites excluding steroid dienone is 3. The van der Waals surface area contributed by atoms with Gasteiger partial charge < -0.3 is 0 Å². The quantitative estimate of drug-likeness (QED) is 0.481. The Balaban J connectivity index is 1.76. The minimum absolute atomic E-state index is 0.380. The van der Waals surface area contributed by atoms with Crippen LogP contribution in [0.3, 0.4) is 0 Å². The summed E-state index contributed by atoms with van der Waals surface area (Å²) < 4.78 is 0. The molecular weight excluding hydrogens is 278 g/mol. The molecular formula is C22H35N. The van der Waals surface area contributed by atoms with E-state index in [1.807, 2.05) is 0 Å². The van der Waals surface area contributed by atoms with E-state index in [9.17, 15) is 0 Å². The van der Waals surface area contributed by atoms with E-state index in [2.05, 4.69) is 30.5 Å². The van der Waals surface area contributed by atoms with Crippen molar-refractivity contribution in [2.45, 2.75) is 95.9 Å². The number of nitrogens with zero attached hydrogens (tertiary/aromatic N) is 1. The Morgan fingerprint density at radius 2 is 1.43 bits per heavy atom. The summed E-state index contributed by atoms with van der Waals surface area (Å²) in [6, 6.07) is 0.550. The van der Waals surface area contributed by atoms with E-state index in [-0.39, 0.29) is 0 Å². The maximum absolute atomic E-state index is 5.25. The molecule has 0 aromatic rings. The average molecular weight is 314 g/mol. The van der Waals surface area contributed by atoms with Crippen LogP contribution in [0.5, 0.6) is 0 Å². The largest absolute Gasteiger partial charge is 0.293 e. The number of hydrogen-bond donors (Lipinski definition) is 0. The molecule has 1 heteroatoms. The van der Waals surface area contributed by atoms with Gasteiger partial charge in [0.25, 0.3) is 0 Å². The lowest BCUT2D eigenvalue weighted by molar-refractivity contribution is 0.283. The van der Waals surface area contributed by atoms with Crippen LogP contribution in [0.25, 0.3) is 0 Å². The molecule has 1 aliphatic heterocycles. The summed E-state index contributed by atoms with van der Waals surface area (Å²) in [4.78, 5) is 5.25. The molecule has 3 aliphatic rings. The molecule has 0 saturated heterocycles. The van der Waals surface area contributed by atoms with Gasteiger partial charge in [0.2, 0.25) is 0 Å². The molecule has 0 amide bonds. The van der Waals surface area contributed by atoms with Gasteiger partial charge in [0.1, 0.15) is 0 Å². The lowest BCUT2D eigenvalue weighted by Gasteiger charge is -2.34. The molecule has 2 saturated carbocycles. The van der Waals surface area contributed by atoms with Gasteiger partial charge in [0.05, 0.1) is 6.04 Å². The monoisotopic (exact) mass is 313 g/mol. The molecule has 0 N–H and O–H groups in total. The van der Waals surface area contributed by atoms with E-state index in [1.165, 1.54) is 89.9 Å². The van der Waals surface area contributed by atoms with Gasteiger partial charge in [-0.15, -0.1) is 0 Å². The molecule has 1 nitrogen and oxygen atoms in total. The van der Waals surface area contributed by atoms with E-state index in [0.29, 0.717) is 11.5 Å². The topological polar surface area (TPSA) is 12.4 Å². The maximum Gasteiger partial charge on any atom is 0.0558 e. The highest BCUT2D eigenvalue weighted by atomic mass is 14.8. The van der Waals surface area contributed by atoms with E-state index >= 15 is 0 Å². The third-order valence-corrected chi connectivity index (χ3v) is 6.32. The van der Waals surface area contributed by atoms with Crippen molar-refractivity contribution in [3.8, 4) is 0 Å². The van der Waals surface area contributed by atoms with Gasteiger partial charge in [-0.25, -0.2) is 0 Å². The highest BCUT2D eigenvalue weighted by Crippen LogP contribution is 2.39. The molecule has 0 aromatic heterocycles. The van der Waals surface area contributed by atoms with Crippen LogP contribution in [0.4, 0.5) is 0 Å². The molecule has 2 aliphatic carbocycles. The Kier molecular flexibility index (Phi) is 6.54. The summed E-state index contributed by atoms with van der Waals surface area (Å²) in [6.07, 6.45) is 30.9. The fourth-order valence-corrected chi connectivity index (χ4v) is 4.77. The summed E-state index contributed by atoms with van der Waals surface area (Å²) >= 11 is 0. The molecule has 1 atom stereocenters. The fraction of sp³-hybridized carbons (Fsp3) is 0.773. The van der Waals surface area contributed by atoms with Crippen molar-refractivity contribution in [2.75, 3.05) is 0 Å². The molecule has 1 unspecified atom stereocenters. The second-order valence-electron chi connectivity index (χ2n) is 8.13. The van der Waals surface area contributed by atoms with Crippen LogP contribution in [0.2, 0.25) is 0 Å². The minimum atomic E-state index is 0.380. The number of aliphatic imine (C=N–C) groups is 1. The lowest BCUT2D eigenvalue weighted by atomic mass is 9.72. The third kappa shape index (κ3) is 5.06. The summed E-state index contributed by atoms with van der Waals surface area (Å²) in [7, 11) is 0. The molecule has 0 aromatic carbocycles. The van der Waals surface area contributed by atoms with Gasteiger partial charge >= 0.3 is 0 Å². The van der Waals surface area contributed by atoms with Gasteiger partial charge in [-0.1, -0.05) is 62.8 Å². The number of hydrogen-bond acceptors (Lipinski definition) is 1. The van der Waals surface area contributed by atoms with Crippen LogP contribution < -0.4 is 0 Å². The first-order valence-corrected chi connectivity index (χ1v) is 10.2. The van der Waals surface area contributed by atoms with Crippen molar-refractivity contribution < 1.29 is 0 Å². The molecule has 0 bridgehead atoms. The second kappa shape index (κ2) is 8.85. The van der Waals surface area contributed by atoms with Crippen LogP contribution in [0.15, 0.2) is 29.3 Å². The summed E-state index contributed by atoms with van der Waals surface area (Å²) in [6.45, 7) is 0. The van der Waals surface area contributed by atoms with E-state index in [1.54, 1.807) is 0 Å². The van der Waals surface area contributed by atoms with Crippen molar-refractivity contribution in [1.29, 1.82) is 0 Å². The van der Waals surface area contributed by atoms with E-state index < -0.39 is 0 Å². The Morgan fingerprint density at radius 1 is 0.739 bits per heavy atom. The van der Waals surface area contributed by atoms with E-state index in [0.717, 1.165) is 5.92 Å². The second-order valence-corrected chi connectivity index (χ2v) is 8.13. The smallest absolute Gasteiger partial charge is 0.0558 e. The Morgan fingerprint density at radius 3 is 2.22 bits per heavy atom. The summed E-state index contributed by atoms with van der Waals surface area (Å²) in [5.74, 6) is 0.837. The standard InChI is InChI=1S/C22H35N/c1-2-4-10-16-22(17-11-6-12-18-22)19-23-21(15-9-3-1)20-13-7-5-8-14-20/h3-4,9-10,19-21H,1-2,5-8,11-18H2/b9-3?,10-4+,23-19?. The van der Waals surface area contributed by atoms with Crippen molar-refractivity contribution in [3.63, 3.8) is 0 Å². The highest BCUT2D eigenvalue weighted by molar-refractivity contribution is 5.66. The fourth-order valence-electron chi connectivity index (χ4n) is 4.77. The first kappa shape index (κ1) is 17.0. The highest BCUT2D eigenvalue weighted by Gasteiger charge is 2.30. The Bertz CT molecular complexity index is 419. The minimum Gasteiger partial charge on any atom is -0.293 e. The van der Waals surface area contributed by atoms with Crippen LogP contribution in [0, 0.1) is 11.3 Å². The molecule has 128 valence electrons. The van der Waals surface area contributed by atoms with Crippen LogP contribution >= 0.6 is 0 Å². The Hall–Kier alpha value is -0.850. The van der Waals surface area contributed by atoms with Gasteiger partial charge in [-0.3, -0.25) is 4.99 Å². The van der Waals surface area contributed by atoms with Crippen LogP contribution in [0.1, 0.15) is 89.9 Å². The first-order valence-electron chi connectivity index (χ1n) is 10.2. The predicted octanol–water partition coefficient (Wildman–Crippen LogP) is 6.64. The van der Waals surface area contributed by atoms with Gasteiger partial charge in [-0.2, -0.15) is 0 Å². The SMILES string of the molecule is C1=CCC(C2CCCCC2)N=CC2(C/C=C/CC1)CCCCC2. The summed E-state index contributed by atoms with van der Waals surface area (Å²) in [5.41, 5.74) is 0.380. The average Bonchev–Trinajstić information content (AvgIpc) is 2.60.